The minimum Gasteiger partial charge on any atom is -0.384 e. The summed E-state index contributed by atoms with van der Waals surface area (Å²) < 4.78 is 37.8. The Labute approximate surface area is 130 Å². The maximum absolute atomic E-state index is 12.6. The van der Waals surface area contributed by atoms with Gasteiger partial charge in [-0.2, -0.15) is 13.2 Å². The van der Waals surface area contributed by atoms with Crippen LogP contribution < -0.4 is 5.32 Å². The largest absolute Gasteiger partial charge is 0.433 e. The van der Waals surface area contributed by atoms with Crippen LogP contribution in [0.2, 0.25) is 5.02 Å². The smallest absolute Gasteiger partial charge is 0.384 e. The molecule has 3 nitrogen and oxygen atoms in total. The van der Waals surface area contributed by atoms with Crippen LogP contribution in [0.3, 0.4) is 0 Å². The Balaban J connectivity index is 2.14. The molecule has 118 valence electrons. The standard InChI is InChI=1S/C15H14ClF3N2O/c1-14(22,10-5-2-3-6-11(10)16)9-20-13-8-4-7-12(21-13)15(17,18)19/h2-8,22H,9H2,1H3,(H,20,21). The SMILES string of the molecule is CC(O)(CNc1cccc(C(F)(F)F)n1)c1ccccc1Cl. The predicted octanol–water partition coefficient (Wildman–Crippen LogP) is 4.07. The molecule has 1 heterocycles. The third-order valence-corrected chi connectivity index (χ3v) is 3.44. The lowest BCUT2D eigenvalue weighted by molar-refractivity contribution is -0.141. The van der Waals surface area contributed by atoms with E-state index in [0.29, 0.717) is 10.6 Å². The fraction of sp³-hybridized carbons (Fsp3) is 0.267. The molecular weight excluding hydrogens is 317 g/mol. The first kappa shape index (κ1) is 16.6. The predicted molar refractivity (Wildman–Crippen MR) is 78.8 cm³/mol. The van der Waals surface area contributed by atoms with Crippen LogP contribution in [0.15, 0.2) is 42.5 Å². The van der Waals surface area contributed by atoms with Gasteiger partial charge in [-0.15, -0.1) is 0 Å². The molecule has 0 saturated carbocycles. The number of aliphatic hydroxyl groups is 1. The highest BCUT2D eigenvalue weighted by molar-refractivity contribution is 6.31. The number of hydrogen-bond donors (Lipinski definition) is 2. The summed E-state index contributed by atoms with van der Waals surface area (Å²) in [6.07, 6.45) is -4.51. The highest BCUT2D eigenvalue weighted by atomic mass is 35.5. The number of pyridine rings is 1. The zero-order valence-corrected chi connectivity index (χ0v) is 12.4. The molecule has 22 heavy (non-hydrogen) atoms. The number of aromatic nitrogens is 1. The van der Waals surface area contributed by atoms with Crippen molar-refractivity contribution in [2.75, 3.05) is 11.9 Å². The molecule has 2 rings (SSSR count). The molecule has 7 heteroatoms. The second-order valence-corrected chi connectivity index (χ2v) is 5.42. The summed E-state index contributed by atoms with van der Waals surface area (Å²) in [5.41, 5.74) is -1.86. The van der Waals surface area contributed by atoms with E-state index in [1.165, 1.54) is 19.1 Å². The summed E-state index contributed by atoms with van der Waals surface area (Å²) in [6, 6.07) is 10.3. The number of nitrogens with zero attached hydrogens (tertiary/aromatic N) is 1. The topological polar surface area (TPSA) is 45.1 Å². The number of alkyl halides is 3. The number of nitrogens with one attached hydrogen (secondary N) is 1. The molecule has 2 N–H and O–H groups in total. The molecule has 1 aromatic carbocycles. The Morgan fingerprint density at radius 2 is 1.82 bits per heavy atom. The summed E-state index contributed by atoms with van der Waals surface area (Å²) in [7, 11) is 0. The van der Waals surface area contributed by atoms with Gasteiger partial charge in [-0.05, 0) is 25.1 Å². The van der Waals surface area contributed by atoms with Crippen LogP contribution in [0.25, 0.3) is 0 Å². The monoisotopic (exact) mass is 330 g/mol. The van der Waals surface area contributed by atoms with Crippen molar-refractivity contribution in [3.63, 3.8) is 0 Å². The van der Waals surface area contributed by atoms with E-state index in [4.69, 9.17) is 11.6 Å². The Hall–Kier alpha value is -1.79. The van der Waals surface area contributed by atoms with E-state index in [1.807, 2.05) is 0 Å². The highest BCUT2D eigenvalue weighted by Gasteiger charge is 2.32. The van der Waals surface area contributed by atoms with Crippen molar-refractivity contribution in [3.05, 3.63) is 58.7 Å². The molecule has 0 amide bonds. The van der Waals surface area contributed by atoms with Crippen molar-refractivity contribution in [1.29, 1.82) is 0 Å². The second-order valence-electron chi connectivity index (χ2n) is 5.01. The number of benzene rings is 1. The molecule has 1 unspecified atom stereocenters. The van der Waals surface area contributed by atoms with Gasteiger partial charge in [-0.1, -0.05) is 35.9 Å². The Morgan fingerprint density at radius 3 is 2.45 bits per heavy atom. The third-order valence-electron chi connectivity index (χ3n) is 3.11. The molecule has 0 spiro atoms. The van der Waals surface area contributed by atoms with E-state index in [2.05, 4.69) is 10.3 Å². The Morgan fingerprint density at radius 1 is 1.14 bits per heavy atom. The zero-order chi connectivity index (χ0) is 16.4. The molecule has 1 aromatic heterocycles. The molecular formula is C15H14ClF3N2O. The van der Waals surface area contributed by atoms with Gasteiger partial charge in [0.1, 0.15) is 17.1 Å². The first-order valence-corrected chi connectivity index (χ1v) is 6.83. The fourth-order valence-corrected chi connectivity index (χ4v) is 2.29. The maximum atomic E-state index is 12.6. The number of hydrogen-bond acceptors (Lipinski definition) is 3. The summed E-state index contributed by atoms with van der Waals surface area (Å²) in [4.78, 5) is 3.48. The van der Waals surface area contributed by atoms with Gasteiger partial charge < -0.3 is 10.4 Å². The van der Waals surface area contributed by atoms with Crippen molar-refractivity contribution in [1.82, 2.24) is 4.98 Å². The minimum atomic E-state index is -4.51. The van der Waals surface area contributed by atoms with Crippen molar-refractivity contribution in [3.8, 4) is 0 Å². The molecule has 1 atom stereocenters. The summed E-state index contributed by atoms with van der Waals surface area (Å²) >= 11 is 6.02. The lowest BCUT2D eigenvalue weighted by atomic mass is 9.96. The average molecular weight is 331 g/mol. The van der Waals surface area contributed by atoms with Crippen LogP contribution in [0, 0.1) is 0 Å². The Bertz CT molecular complexity index is 659. The van der Waals surface area contributed by atoms with E-state index in [9.17, 15) is 18.3 Å². The molecule has 0 aliphatic rings. The van der Waals surface area contributed by atoms with Gasteiger partial charge in [0.15, 0.2) is 0 Å². The van der Waals surface area contributed by atoms with Crippen LogP contribution in [0.1, 0.15) is 18.2 Å². The van der Waals surface area contributed by atoms with Crippen LogP contribution in [0.4, 0.5) is 19.0 Å². The van der Waals surface area contributed by atoms with Gasteiger partial charge in [-0.25, -0.2) is 4.98 Å². The van der Waals surface area contributed by atoms with Crippen LogP contribution >= 0.6 is 11.6 Å². The van der Waals surface area contributed by atoms with E-state index in [0.717, 1.165) is 6.07 Å². The van der Waals surface area contributed by atoms with E-state index >= 15 is 0 Å². The minimum absolute atomic E-state index is 0.0298. The number of halogens is 4. The normalized spacial score (nSPS) is 14.5. The third kappa shape index (κ3) is 3.90. The van der Waals surface area contributed by atoms with Crippen molar-refractivity contribution >= 4 is 17.4 Å². The van der Waals surface area contributed by atoms with Crippen molar-refractivity contribution in [2.45, 2.75) is 18.7 Å². The van der Waals surface area contributed by atoms with Crippen LogP contribution in [-0.4, -0.2) is 16.6 Å². The number of anilines is 1. The molecule has 0 aliphatic carbocycles. The van der Waals surface area contributed by atoms with E-state index in [-0.39, 0.29) is 12.4 Å². The molecule has 0 bridgehead atoms. The average Bonchev–Trinajstić information content (AvgIpc) is 2.45. The second kappa shape index (κ2) is 6.14. The first-order chi connectivity index (χ1) is 10.2. The van der Waals surface area contributed by atoms with Gasteiger partial charge in [-0.3, -0.25) is 0 Å². The van der Waals surface area contributed by atoms with Crippen molar-refractivity contribution in [2.24, 2.45) is 0 Å². The molecule has 0 saturated heterocycles. The quantitative estimate of drug-likeness (QED) is 0.888. The van der Waals surface area contributed by atoms with Crippen molar-refractivity contribution < 1.29 is 18.3 Å². The summed E-state index contributed by atoms with van der Waals surface area (Å²) in [5.74, 6) is 0.0298. The fourth-order valence-electron chi connectivity index (χ4n) is 1.95. The summed E-state index contributed by atoms with van der Waals surface area (Å²) in [6.45, 7) is 1.49. The molecule has 0 aliphatic heterocycles. The van der Waals surface area contributed by atoms with Gasteiger partial charge >= 0.3 is 6.18 Å². The van der Waals surface area contributed by atoms with Gasteiger partial charge in [0.05, 0.1) is 0 Å². The lowest BCUT2D eigenvalue weighted by Crippen LogP contribution is -2.31. The Kier molecular flexibility index (Phi) is 4.63. The molecule has 0 fully saturated rings. The molecule has 0 radical (unpaired) electrons. The van der Waals surface area contributed by atoms with Crippen LogP contribution in [0.5, 0.6) is 0 Å². The van der Waals surface area contributed by atoms with Gasteiger partial charge in [0, 0.05) is 17.1 Å². The van der Waals surface area contributed by atoms with Gasteiger partial charge in [0.2, 0.25) is 0 Å². The molecule has 2 aromatic rings. The van der Waals surface area contributed by atoms with E-state index in [1.54, 1.807) is 24.3 Å². The maximum Gasteiger partial charge on any atom is 0.433 e. The van der Waals surface area contributed by atoms with E-state index < -0.39 is 17.5 Å². The lowest BCUT2D eigenvalue weighted by Gasteiger charge is -2.25. The van der Waals surface area contributed by atoms with Crippen LogP contribution in [-0.2, 0) is 11.8 Å². The zero-order valence-electron chi connectivity index (χ0n) is 11.7. The summed E-state index contributed by atoms with van der Waals surface area (Å²) in [5, 5.41) is 13.5. The highest BCUT2D eigenvalue weighted by Crippen LogP contribution is 2.30. The first-order valence-electron chi connectivity index (χ1n) is 6.46. The number of rotatable bonds is 4. The van der Waals surface area contributed by atoms with Gasteiger partial charge in [0.25, 0.3) is 0 Å².